The summed E-state index contributed by atoms with van der Waals surface area (Å²) < 4.78 is 17.0. The first-order chi connectivity index (χ1) is 7.16. The number of aromatic carboxylic acids is 1. The zero-order chi connectivity index (χ0) is 10.8. The van der Waals surface area contributed by atoms with Crippen molar-refractivity contribution in [3.8, 4) is 11.4 Å². The molecule has 2 aromatic rings. The van der Waals surface area contributed by atoms with Crippen LogP contribution in [-0.4, -0.2) is 16.1 Å². The average molecular weight is 230 g/mol. The van der Waals surface area contributed by atoms with Gasteiger partial charge in [-0.25, -0.2) is 4.39 Å². The molecule has 0 saturated heterocycles. The second kappa shape index (κ2) is 5.20. The van der Waals surface area contributed by atoms with Gasteiger partial charge < -0.3 is 14.4 Å². The number of halogens is 1. The molecule has 0 aliphatic heterocycles. The summed E-state index contributed by atoms with van der Waals surface area (Å²) in [6.45, 7) is 0. The van der Waals surface area contributed by atoms with Gasteiger partial charge in [-0.1, -0.05) is 5.16 Å². The quantitative estimate of drug-likeness (QED) is 0.522. The summed E-state index contributed by atoms with van der Waals surface area (Å²) in [5, 5.41) is 13.7. The van der Waals surface area contributed by atoms with Gasteiger partial charge in [-0.2, -0.15) is 4.98 Å². The Balaban J connectivity index is 0.00000128. The second-order valence-electron chi connectivity index (χ2n) is 2.72. The predicted octanol–water partition coefficient (Wildman–Crippen LogP) is -2.76. The molecule has 7 heteroatoms. The van der Waals surface area contributed by atoms with Gasteiger partial charge in [0.1, 0.15) is 11.8 Å². The Bertz CT molecular complexity index is 498. The Labute approximate surface area is 112 Å². The van der Waals surface area contributed by atoms with Crippen LogP contribution in [0.15, 0.2) is 28.8 Å². The summed E-state index contributed by atoms with van der Waals surface area (Å²) in [7, 11) is 0. The van der Waals surface area contributed by atoms with E-state index in [-0.39, 0.29) is 35.4 Å². The summed E-state index contributed by atoms with van der Waals surface area (Å²) in [4.78, 5) is 13.9. The van der Waals surface area contributed by atoms with Gasteiger partial charge in [0.25, 0.3) is 5.89 Å². The van der Waals surface area contributed by atoms with Crippen molar-refractivity contribution in [1.82, 2.24) is 10.1 Å². The summed E-state index contributed by atoms with van der Waals surface area (Å²) in [6, 6.07) is 5.26. The Hall–Kier alpha value is -1.24. The van der Waals surface area contributed by atoms with E-state index in [2.05, 4.69) is 14.7 Å². The molecule has 0 spiro atoms. The van der Waals surface area contributed by atoms with Crippen LogP contribution in [0.25, 0.3) is 11.4 Å². The molecule has 0 radical (unpaired) electrons. The number of carbonyl (C=O) groups is 1. The maximum absolute atomic E-state index is 12.6. The molecule has 76 valence electrons. The van der Waals surface area contributed by atoms with Crippen LogP contribution < -0.4 is 34.7 Å². The Kier molecular flexibility index (Phi) is 4.17. The molecule has 16 heavy (non-hydrogen) atoms. The fourth-order valence-electron chi connectivity index (χ4n) is 1.02. The number of aromatic nitrogens is 2. The first kappa shape index (κ1) is 12.8. The van der Waals surface area contributed by atoms with Gasteiger partial charge in [0.15, 0.2) is 0 Å². The van der Waals surface area contributed by atoms with Crippen molar-refractivity contribution in [1.29, 1.82) is 0 Å². The predicted molar refractivity (Wildman–Crippen MR) is 44.0 cm³/mol. The number of carbonyl (C=O) groups excluding carboxylic acids is 1. The van der Waals surface area contributed by atoms with Crippen molar-refractivity contribution in [2.45, 2.75) is 0 Å². The molecule has 0 fully saturated rings. The molecule has 0 N–H and O–H groups in total. The number of hydrogen-bond acceptors (Lipinski definition) is 5. The van der Waals surface area contributed by atoms with Gasteiger partial charge in [0.05, 0.1) is 0 Å². The molecule has 5 nitrogen and oxygen atoms in total. The molecule has 0 aliphatic carbocycles. The fourth-order valence-corrected chi connectivity index (χ4v) is 1.02. The second-order valence-corrected chi connectivity index (χ2v) is 2.72. The van der Waals surface area contributed by atoms with Crippen LogP contribution in [0.2, 0.25) is 0 Å². The summed E-state index contributed by atoms with van der Waals surface area (Å²) in [6.07, 6.45) is 0. The molecule has 1 aromatic carbocycles. The third-order valence-corrected chi connectivity index (χ3v) is 1.70. The van der Waals surface area contributed by atoms with Crippen molar-refractivity contribution in [2.24, 2.45) is 0 Å². The molecule has 0 aliphatic rings. The van der Waals surface area contributed by atoms with Crippen molar-refractivity contribution in [3.05, 3.63) is 36.0 Å². The minimum Gasteiger partial charge on any atom is -0.540 e. The molecule has 1 aromatic heterocycles. The molecular formula is C9H4FN2NaO3. The zero-order valence-corrected chi connectivity index (χ0v) is 10.3. The topological polar surface area (TPSA) is 79.0 Å². The molecule has 2 rings (SSSR count). The zero-order valence-electron chi connectivity index (χ0n) is 8.31. The van der Waals surface area contributed by atoms with Crippen LogP contribution in [0, 0.1) is 5.82 Å². The normalized spacial score (nSPS) is 9.56. The standard InChI is InChI=1S/C9H5FN2O3.Na/c10-6-3-1-5(2-4-6)7-11-8(9(13)14)15-12-7;/h1-4H,(H,13,14);/q;+1/p-1. The molecule has 1 heterocycles. The smallest absolute Gasteiger partial charge is 0.540 e. The number of carboxylic acids is 1. The third-order valence-electron chi connectivity index (χ3n) is 1.70. The van der Waals surface area contributed by atoms with E-state index >= 15 is 0 Å². The van der Waals surface area contributed by atoms with Gasteiger partial charge in [-0.05, 0) is 24.3 Å². The minimum absolute atomic E-state index is 0. The van der Waals surface area contributed by atoms with Crippen LogP contribution in [0.3, 0.4) is 0 Å². The Morgan fingerprint density at radius 3 is 2.44 bits per heavy atom. The molecular weight excluding hydrogens is 226 g/mol. The number of rotatable bonds is 2. The van der Waals surface area contributed by atoms with Gasteiger partial charge in [0, 0.05) is 5.56 Å². The number of hydrogen-bond donors (Lipinski definition) is 0. The van der Waals surface area contributed by atoms with Gasteiger partial charge in [-0.3, -0.25) is 0 Å². The monoisotopic (exact) mass is 230 g/mol. The molecule has 0 unspecified atom stereocenters. The summed E-state index contributed by atoms with van der Waals surface area (Å²) in [5.74, 6) is -2.47. The molecule has 0 saturated carbocycles. The fraction of sp³-hybridized carbons (Fsp3) is 0. The average Bonchev–Trinajstić information content (AvgIpc) is 2.68. The van der Waals surface area contributed by atoms with E-state index in [9.17, 15) is 14.3 Å². The van der Waals surface area contributed by atoms with Crippen molar-refractivity contribution < 1.29 is 48.4 Å². The van der Waals surface area contributed by atoms with E-state index in [1.807, 2.05) is 0 Å². The maximum Gasteiger partial charge on any atom is 1.00 e. The Morgan fingerprint density at radius 2 is 1.94 bits per heavy atom. The molecule has 0 amide bonds. The minimum atomic E-state index is -1.55. The van der Waals surface area contributed by atoms with E-state index in [0.717, 1.165) is 0 Å². The van der Waals surface area contributed by atoms with Gasteiger partial charge in [0.2, 0.25) is 5.82 Å². The largest absolute Gasteiger partial charge is 1.00 e. The van der Waals surface area contributed by atoms with E-state index in [0.29, 0.717) is 5.56 Å². The van der Waals surface area contributed by atoms with Crippen LogP contribution in [-0.2, 0) is 0 Å². The van der Waals surface area contributed by atoms with Crippen LogP contribution in [0.1, 0.15) is 10.7 Å². The first-order valence-corrected chi connectivity index (χ1v) is 3.98. The summed E-state index contributed by atoms with van der Waals surface area (Å²) in [5.41, 5.74) is 0.465. The van der Waals surface area contributed by atoms with Crippen LogP contribution in [0.5, 0.6) is 0 Å². The number of nitrogens with zero attached hydrogens (tertiary/aromatic N) is 2. The van der Waals surface area contributed by atoms with Crippen LogP contribution >= 0.6 is 0 Å². The van der Waals surface area contributed by atoms with Gasteiger partial charge in [-0.15, -0.1) is 0 Å². The van der Waals surface area contributed by atoms with E-state index in [1.54, 1.807) is 0 Å². The molecule has 0 bridgehead atoms. The third kappa shape index (κ3) is 2.66. The van der Waals surface area contributed by atoms with E-state index in [4.69, 9.17) is 0 Å². The maximum atomic E-state index is 12.6. The van der Waals surface area contributed by atoms with E-state index in [1.165, 1.54) is 24.3 Å². The van der Waals surface area contributed by atoms with Crippen molar-refractivity contribution in [2.75, 3.05) is 0 Å². The molecule has 0 atom stereocenters. The van der Waals surface area contributed by atoms with Crippen molar-refractivity contribution >= 4 is 5.97 Å². The number of carboxylic acid groups (broad SMARTS) is 1. The van der Waals surface area contributed by atoms with Crippen molar-refractivity contribution in [3.63, 3.8) is 0 Å². The number of benzene rings is 1. The van der Waals surface area contributed by atoms with E-state index < -0.39 is 17.7 Å². The first-order valence-electron chi connectivity index (χ1n) is 3.98. The van der Waals surface area contributed by atoms with Crippen LogP contribution in [0.4, 0.5) is 4.39 Å². The summed E-state index contributed by atoms with van der Waals surface area (Å²) >= 11 is 0. The van der Waals surface area contributed by atoms with Gasteiger partial charge >= 0.3 is 29.6 Å². The Morgan fingerprint density at radius 1 is 1.31 bits per heavy atom. The SMILES string of the molecule is O=C([O-])c1nc(-c2ccc(F)cc2)no1.[Na+].